The molecular formula is C20H20F3N5O3. The van der Waals surface area contributed by atoms with Crippen LogP contribution in [0.25, 0.3) is 5.78 Å². The van der Waals surface area contributed by atoms with Crippen LogP contribution in [0.15, 0.2) is 24.3 Å². The van der Waals surface area contributed by atoms with Crippen molar-refractivity contribution in [1.82, 2.24) is 19.6 Å². The van der Waals surface area contributed by atoms with Gasteiger partial charge in [-0.25, -0.2) is 14.3 Å². The standard InChI is InChI=1S/C20H20F3N5O3/c1-4-31-17(30)13-5-7-14(8-6-13)25-16(29)10-9-15-11(2)24-19-26-18(20(21,22)23)27-28(19)12(15)3/h5-8H,4,9-10H2,1-3H3,(H,25,29). The smallest absolute Gasteiger partial charge is 0.453 e. The lowest BCUT2D eigenvalue weighted by Crippen LogP contribution is -2.14. The van der Waals surface area contributed by atoms with E-state index in [4.69, 9.17) is 4.74 Å². The molecule has 0 bridgehead atoms. The average molecular weight is 435 g/mol. The minimum atomic E-state index is -4.67. The summed E-state index contributed by atoms with van der Waals surface area (Å²) >= 11 is 0. The van der Waals surface area contributed by atoms with E-state index in [0.717, 1.165) is 4.52 Å². The van der Waals surface area contributed by atoms with Crippen LogP contribution in [0.2, 0.25) is 0 Å². The summed E-state index contributed by atoms with van der Waals surface area (Å²) in [4.78, 5) is 31.5. The number of carbonyl (C=O) groups is 2. The summed E-state index contributed by atoms with van der Waals surface area (Å²) in [6, 6.07) is 6.26. The molecule has 0 aliphatic carbocycles. The number of carbonyl (C=O) groups excluding carboxylic acids is 2. The molecular weight excluding hydrogens is 415 g/mol. The highest BCUT2D eigenvalue weighted by Crippen LogP contribution is 2.27. The lowest BCUT2D eigenvalue weighted by molar-refractivity contribution is -0.144. The molecule has 8 nitrogen and oxygen atoms in total. The van der Waals surface area contributed by atoms with Gasteiger partial charge in [-0.05, 0) is 57.0 Å². The normalized spacial score (nSPS) is 11.5. The van der Waals surface area contributed by atoms with Gasteiger partial charge in [-0.3, -0.25) is 4.79 Å². The van der Waals surface area contributed by atoms with Gasteiger partial charge in [0.25, 0.3) is 11.6 Å². The summed E-state index contributed by atoms with van der Waals surface area (Å²) in [6.45, 7) is 5.23. The zero-order chi connectivity index (χ0) is 22.8. The number of alkyl halides is 3. The SMILES string of the molecule is CCOC(=O)c1ccc(NC(=O)CCc2c(C)nc3nc(C(F)(F)F)nn3c2C)cc1. The van der Waals surface area contributed by atoms with Gasteiger partial charge in [0.15, 0.2) is 0 Å². The number of halogens is 3. The first-order valence-electron chi connectivity index (χ1n) is 9.47. The number of fused-ring (bicyclic) bond motifs is 1. The summed E-state index contributed by atoms with van der Waals surface area (Å²) in [5, 5.41) is 6.21. The summed E-state index contributed by atoms with van der Waals surface area (Å²) in [5.41, 5.74) is 2.43. The molecule has 0 saturated heterocycles. The Morgan fingerprint density at radius 3 is 2.42 bits per heavy atom. The third-order valence-corrected chi connectivity index (χ3v) is 4.58. The van der Waals surface area contributed by atoms with Gasteiger partial charge in [0.05, 0.1) is 12.2 Å². The number of esters is 1. The summed E-state index contributed by atoms with van der Waals surface area (Å²) < 4.78 is 44.6. The topological polar surface area (TPSA) is 98.5 Å². The van der Waals surface area contributed by atoms with Crippen LogP contribution in [0.5, 0.6) is 0 Å². The second-order valence-electron chi connectivity index (χ2n) is 6.75. The number of anilines is 1. The van der Waals surface area contributed by atoms with E-state index in [1.165, 1.54) is 0 Å². The second kappa shape index (κ2) is 8.70. The predicted molar refractivity (Wildman–Crippen MR) is 105 cm³/mol. The van der Waals surface area contributed by atoms with Crippen molar-refractivity contribution in [3.05, 3.63) is 52.6 Å². The van der Waals surface area contributed by atoms with E-state index in [0.29, 0.717) is 28.2 Å². The third kappa shape index (κ3) is 4.98. The van der Waals surface area contributed by atoms with E-state index < -0.39 is 18.0 Å². The Kier molecular flexibility index (Phi) is 6.23. The Balaban J connectivity index is 1.69. The number of rotatable bonds is 6. The van der Waals surface area contributed by atoms with Gasteiger partial charge in [0.2, 0.25) is 5.91 Å². The molecule has 0 saturated carbocycles. The number of nitrogens with zero attached hydrogens (tertiary/aromatic N) is 4. The maximum absolute atomic E-state index is 12.9. The van der Waals surface area contributed by atoms with Crippen molar-refractivity contribution in [1.29, 1.82) is 0 Å². The minimum absolute atomic E-state index is 0.0787. The van der Waals surface area contributed by atoms with Crippen LogP contribution in [0.1, 0.15) is 46.5 Å². The summed E-state index contributed by atoms with van der Waals surface area (Å²) in [6.07, 6.45) is -4.33. The molecule has 2 aromatic heterocycles. The Morgan fingerprint density at radius 2 is 1.81 bits per heavy atom. The van der Waals surface area contributed by atoms with Gasteiger partial charge in [0, 0.05) is 23.5 Å². The molecule has 164 valence electrons. The van der Waals surface area contributed by atoms with Crippen molar-refractivity contribution in [3.8, 4) is 0 Å². The van der Waals surface area contributed by atoms with E-state index in [1.807, 2.05) is 0 Å². The van der Waals surface area contributed by atoms with Crippen LogP contribution >= 0.6 is 0 Å². The van der Waals surface area contributed by atoms with E-state index in [1.54, 1.807) is 45.0 Å². The average Bonchev–Trinajstić information content (AvgIpc) is 3.13. The van der Waals surface area contributed by atoms with Gasteiger partial charge in [-0.1, -0.05) is 0 Å². The first-order chi connectivity index (χ1) is 14.6. The molecule has 1 amide bonds. The van der Waals surface area contributed by atoms with Gasteiger partial charge in [-0.15, -0.1) is 5.10 Å². The first-order valence-corrected chi connectivity index (χ1v) is 9.47. The highest BCUT2D eigenvalue weighted by Gasteiger charge is 2.36. The van der Waals surface area contributed by atoms with E-state index >= 15 is 0 Å². The van der Waals surface area contributed by atoms with Crippen LogP contribution in [0.4, 0.5) is 18.9 Å². The van der Waals surface area contributed by atoms with Gasteiger partial charge in [-0.2, -0.15) is 18.2 Å². The van der Waals surface area contributed by atoms with Crippen molar-refractivity contribution in [2.24, 2.45) is 0 Å². The number of nitrogens with one attached hydrogen (secondary N) is 1. The van der Waals surface area contributed by atoms with Crippen molar-refractivity contribution < 1.29 is 27.5 Å². The molecule has 0 aliphatic rings. The second-order valence-corrected chi connectivity index (χ2v) is 6.75. The summed E-state index contributed by atoms with van der Waals surface area (Å²) in [5.74, 6) is -2.14. The molecule has 0 spiro atoms. The molecule has 0 radical (unpaired) electrons. The van der Waals surface area contributed by atoms with Crippen LogP contribution in [0, 0.1) is 13.8 Å². The van der Waals surface area contributed by atoms with Crippen molar-refractivity contribution in [2.75, 3.05) is 11.9 Å². The minimum Gasteiger partial charge on any atom is -0.462 e. The molecule has 2 heterocycles. The van der Waals surface area contributed by atoms with Crippen molar-refractivity contribution in [2.45, 2.75) is 39.8 Å². The Bertz CT molecular complexity index is 1120. The fraction of sp³-hybridized carbons (Fsp3) is 0.350. The van der Waals surface area contributed by atoms with Gasteiger partial charge < -0.3 is 10.1 Å². The maximum atomic E-state index is 12.9. The largest absolute Gasteiger partial charge is 0.462 e. The molecule has 0 unspecified atom stereocenters. The zero-order valence-electron chi connectivity index (χ0n) is 17.1. The van der Waals surface area contributed by atoms with Gasteiger partial charge in [0.1, 0.15) is 0 Å². The first kappa shape index (κ1) is 22.2. The van der Waals surface area contributed by atoms with Crippen LogP contribution in [-0.4, -0.2) is 38.1 Å². The van der Waals surface area contributed by atoms with Crippen LogP contribution in [0.3, 0.4) is 0 Å². The Morgan fingerprint density at radius 1 is 1.13 bits per heavy atom. The number of hydrogen-bond acceptors (Lipinski definition) is 6. The number of aryl methyl sites for hydroxylation is 2. The number of hydrogen-bond donors (Lipinski definition) is 1. The maximum Gasteiger partial charge on any atom is 0.453 e. The van der Waals surface area contributed by atoms with Crippen LogP contribution < -0.4 is 5.32 Å². The quantitative estimate of drug-likeness (QED) is 0.595. The predicted octanol–water partition coefficient (Wildman–Crippen LogP) is 3.51. The monoisotopic (exact) mass is 435 g/mol. The molecule has 1 N–H and O–H groups in total. The lowest BCUT2D eigenvalue weighted by Gasteiger charge is -2.11. The number of amides is 1. The summed E-state index contributed by atoms with van der Waals surface area (Å²) in [7, 11) is 0. The Labute approximate surface area is 175 Å². The lowest BCUT2D eigenvalue weighted by atomic mass is 10.1. The highest BCUT2D eigenvalue weighted by atomic mass is 19.4. The van der Waals surface area contributed by atoms with Crippen LogP contribution in [-0.2, 0) is 22.1 Å². The molecule has 1 aromatic carbocycles. The molecule has 3 rings (SSSR count). The number of benzene rings is 1. The zero-order valence-corrected chi connectivity index (χ0v) is 17.1. The molecule has 0 atom stereocenters. The van der Waals surface area contributed by atoms with E-state index in [2.05, 4.69) is 20.4 Å². The molecule has 11 heteroatoms. The van der Waals surface area contributed by atoms with Gasteiger partial charge >= 0.3 is 12.1 Å². The fourth-order valence-corrected chi connectivity index (χ4v) is 3.06. The number of aromatic nitrogens is 4. The molecule has 31 heavy (non-hydrogen) atoms. The van der Waals surface area contributed by atoms with E-state index in [-0.39, 0.29) is 31.1 Å². The number of ether oxygens (including phenoxy) is 1. The Hall–Kier alpha value is -3.50. The van der Waals surface area contributed by atoms with Crippen molar-refractivity contribution >= 4 is 23.3 Å². The third-order valence-electron chi connectivity index (χ3n) is 4.58. The highest BCUT2D eigenvalue weighted by molar-refractivity contribution is 5.93. The fourth-order valence-electron chi connectivity index (χ4n) is 3.06. The van der Waals surface area contributed by atoms with E-state index in [9.17, 15) is 22.8 Å². The van der Waals surface area contributed by atoms with Crippen molar-refractivity contribution in [3.63, 3.8) is 0 Å². The molecule has 0 fully saturated rings. The molecule has 0 aliphatic heterocycles. The molecule has 3 aromatic rings.